The van der Waals surface area contributed by atoms with Crippen LogP contribution in [0.4, 0.5) is 0 Å². The van der Waals surface area contributed by atoms with Crippen LogP contribution < -0.4 is 0 Å². The third-order valence-electron chi connectivity index (χ3n) is 3.39. The van der Waals surface area contributed by atoms with Crippen LogP contribution in [-0.2, 0) is 0 Å². The van der Waals surface area contributed by atoms with E-state index in [1.165, 1.54) is 36.8 Å². The molecule has 0 radical (unpaired) electrons. The zero-order valence-electron chi connectivity index (χ0n) is 9.27. The van der Waals surface area contributed by atoms with E-state index in [1.54, 1.807) is 0 Å². The fourth-order valence-electron chi connectivity index (χ4n) is 2.38. The zero-order chi connectivity index (χ0) is 11.7. The van der Waals surface area contributed by atoms with Gasteiger partial charge in [0.1, 0.15) is 0 Å². The van der Waals surface area contributed by atoms with E-state index in [1.807, 2.05) is 0 Å². The lowest BCUT2D eigenvalue weighted by molar-refractivity contribution is 0.527. The highest BCUT2D eigenvalue weighted by molar-refractivity contribution is 9.11. The van der Waals surface area contributed by atoms with Gasteiger partial charge in [-0.05, 0) is 48.9 Å². The minimum Gasteiger partial charge on any atom is -0.117 e. The Bertz CT molecular complexity index is 384. The molecule has 1 atom stereocenters. The summed E-state index contributed by atoms with van der Waals surface area (Å²) in [5.41, 5.74) is 2.47. The van der Waals surface area contributed by atoms with Crippen LogP contribution in [0, 0.1) is 12.8 Å². The number of alkyl halides is 1. The molecule has 16 heavy (non-hydrogen) atoms. The maximum atomic E-state index is 6.59. The third kappa shape index (κ3) is 2.65. The lowest BCUT2D eigenvalue weighted by Gasteiger charge is -2.19. The molecule has 1 fully saturated rings. The van der Waals surface area contributed by atoms with Crippen LogP contribution in [-0.4, -0.2) is 0 Å². The summed E-state index contributed by atoms with van der Waals surface area (Å²) in [4.78, 5) is 0. The van der Waals surface area contributed by atoms with E-state index in [-0.39, 0.29) is 5.38 Å². The topological polar surface area (TPSA) is 0 Å². The summed E-state index contributed by atoms with van der Waals surface area (Å²) in [5.74, 6) is 0.646. The molecular formula is C13H15Br2Cl. The lowest BCUT2D eigenvalue weighted by Crippen LogP contribution is -2.04. The van der Waals surface area contributed by atoms with E-state index in [4.69, 9.17) is 11.6 Å². The average Bonchev–Trinajstić information content (AvgIpc) is 2.75. The molecule has 0 nitrogen and oxygen atoms in total. The maximum absolute atomic E-state index is 6.59. The Morgan fingerprint density at radius 3 is 2.44 bits per heavy atom. The second-order valence-corrected chi connectivity index (χ2v) is 6.75. The van der Waals surface area contributed by atoms with Crippen molar-refractivity contribution < 1.29 is 0 Å². The van der Waals surface area contributed by atoms with Gasteiger partial charge in [-0.1, -0.05) is 44.7 Å². The lowest BCUT2D eigenvalue weighted by atomic mass is 9.97. The molecule has 1 saturated carbocycles. The molecule has 0 amide bonds. The molecule has 3 heteroatoms. The monoisotopic (exact) mass is 364 g/mol. The second-order valence-electron chi connectivity index (χ2n) is 4.57. The molecule has 88 valence electrons. The Kier molecular flexibility index (Phi) is 4.37. The average molecular weight is 367 g/mol. The summed E-state index contributed by atoms with van der Waals surface area (Å²) in [6.45, 7) is 2.09. The smallest absolute Gasteiger partial charge is 0.0624 e. The summed E-state index contributed by atoms with van der Waals surface area (Å²) >= 11 is 13.8. The van der Waals surface area contributed by atoms with Gasteiger partial charge < -0.3 is 0 Å². The minimum atomic E-state index is 0.147. The van der Waals surface area contributed by atoms with Crippen LogP contribution in [0.1, 0.15) is 42.2 Å². The Morgan fingerprint density at radius 2 is 1.81 bits per heavy atom. The number of halogens is 3. The summed E-state index contributed by atoms with van der Waals surface area (Å²) in [6.07, 6.45) is 5.20. The molecule has 0 bridgehead atoms. The zero-order valence-corrected chi connectivity index (χ0v) is 13.2. The van der Waals surface area contributed by atoms with Gasteiger partial charge in [0.2, 0.25) is 0 Å². The third-order valence-corrected chi connectivity index (χ3v) is 5.52. The highest BCUT2D eigenvalue weighted by Crippen LogP contribution is 2.43. The van der Waals surface area contributed by atoms with E-state index in [9.17, 15) is 0 Å². The summed E-state index contributed by atoms with van der Waals surface area (Å²) in [6, 6.07) is 4.30. The Morgan fingerprint density at radius 1 is 1.19 bits per heavy atom. The van der Waals surface area contributed by atoms with E-state index >= 15 is 0 Å². The van der Waals surface area contributed by atoms with E-state index in [2.05, 4.69) is 50.9 Å². The quantitative estimate of drug-likeness (QED) is 0.564. The Balaban J connectivity index is 2.28. The van der Waals surface area contributed by atoms with Gasteiger partial charge in [-0.15, -0.1) is 11.6 Å². The highest BCUT2D eigenvalue weighted by atomic mass is 79.9. The van der Waals surface area contributed by atoms with E-state index in [0.717, 1.165) is 8.95 Å². The van der Waals surface area contributed by atoms with Crippen LogP contribution in [0.2, 0.25) is 0 Å². The van der Waals surface area contributed by atoms with Crippen molar-refractivity contribution in [2.24, 2.45) is 5.92 Å². The SMILES string of the molecule is Cc1cc(Br)c(C(Cl)C2CCCC2)cc1Br. The van der Waals surface area contributed by atoms with Crippen molar-refractivity contribution in [3.63, 3.8) is 0 Å². The van der Waals surface area contributed by atoms with Crippen molar-refractivity contribution in [3.05, 3.63) is 32.2 Å². The standard InChI is InChI=1S/C13H15Br2Cl/c1-8-6-12(15)10(7-11(8)14)13(16)9-4-2-3-5-9/h6-7,9,13H,2-5H2,1H3. The maximum Gasteiger partial charge on any atom is 0.0624 e. The highest BCUT2D eigenvalue weighted by Gasteiger charge is 2.26. The number of hydrogen-bond donors (Lipinski definition) is 0. The molecule has 2 rings (SSSR count). The van der Waals surface area contributed by atoms with Crippen LogP contribution >= 0.6 is 43.5 Å². The molecule has 0 aliphatic heterocycles. The molecule has 0 spiro atoms. The number of rotatable bonds is 2. The van der Waals surface area contributed by atoms with Gasteiger partial charge in [0.05, 0.1) is 5.38 Å². The minimum absolute atomic E-state index is 0.147. The molecular weight excluding hydrogens is 351 g/mol. The Labute approximate surface area is 119 Å². The molecule has 1 aromatic carbocycles. The molecule has 0 saturated heterocycles. The molecule has 0 N–H and O–H groups in total. The van der Waals surface area contributed by atoms with Gasteiger partial charge in [-0.25, -0.2) is 0 Å². The van der Waals surface area contributed by atoms with E-state index in [0.29, 0.717) is 5.92 Å². The van der Waals surface area contributed by atoms with Gasteiger partial charge in [-0.2, -0.15) is 0 Å². The van der Waals surface area contributed by atoms with E-state index < -0.39 is 0 Å². The second kappa shape index (κ2) is 5.41. The fourth-order valence-corrected chi connectivity index (χ4v) is 4.01. The normalized spacial score (nSPS) is 19.0. The molecule has 1 aromatic rings. The number of benzene rings is 1. The fraction of sp³-hybridized carbons (Fsp3) is 0.538. The first kappa shape index (κ1) is 12.9. The van der Waals surface area contributed by atoms with Gasteiger partial charge in [0.25, 0.3) is 0 Å². The van der Waals surface area contributed by atoms with Crippen LogP contribution in [0.3, 0.4) is 0 Å². The van der Waals surface area contributed by atoms with Crippen molar-refractivity contribution in [2.75, 3.05) is 0 Å². The number of aryl methyl sites for hydroxylation is 1. The van der Waals surface area contributed by atoms with Gasteiger partial charge in [-0.3, -0.25) is 0 Å². The van der Waals surface area contributed by atoms with Crippen LogP contribution in [0.15, 0.2) is 21.1 Å². The molecule has 0 aromatic heterocycles. The summed E-state index contributed by atoms with van der Waals surface area (Å²) in [7, 11) is 0. The predicted octanol–water partition coefficient (Wildman–Crippen LogP) is 5.99. The van der Waals surface area contributed by atoms with Crippen molar-refractivity contribution in [1.29, 1.82) is 0 Å². The first-order valence-electron chi connectivity index (χ1n) is 5.69. The van der Waals surface area contributed by atoms with Crippen LogP contribution in [0.5, 0.6) is 0 Å². The summed E-state index contributed by atoms with van der Waals surface area (Å²) < 4.78 is 2.29. The van der Waals surface area contributed by atoms with Gasteiger partial charge in [0, 0.05) is 8.95 Å². The largest absolute Gasteiger partial charge is 0.117 e. The van der Waals surface area contributed by atoms with Gasteiger partial charge in [0.15, 0.2) is 0 Å². The molecule has 1 aliphatic carbocycles. The van der Waals surface area contributed by atoms with Crippen LogP contribution in [0.25, 0.3) is 0 Å². The first-order valence-corrected chi connectivity index (χ1v) is 7.71. The summed E-state index contributed by atoms with van der Waals surface area (Å²) in [5, 5.41) is 0.147. The van der Waals surface area contributed by atoms with Crippen molar-refractivity contribution in [1.82, 2.24) is 0 Å². The van der Waals surface area contributed by atoms with Crippen molar-refractivity contribution in [2.45, 2.75) is 38.0 Å². The number of hydrogen-bond acceptors (Lipinski definition) is 0. The first-order chi connectivity index (χ1) is 7.59. The predicted molar refractivity (Wildman–Crippen MR) is 77.1 cm³/mol. The van der Waals surface area contributed by atoms with Crippen molar-refractivity contribution >= 4 is 43.5 Å². The van der Waals surface area contributed by atoms with Gasteiger partial charge >= 0.3 is 0 Å². The molecule has 1 aliphatic rings. The Hall–Kier alpha value is 0.470. The van der Waals surface area contributed by atoms with Crippen molar-refractivity contribution in [3.8, 4) is 0 Å². The molecule has 0 heterocycles. The molecule has 1 unspecified atom stereocenters.